The minimum atomic E-state index is -4.52. The molecule has 0 bridgehead atoms. The van der Waals surface area contributed by atoms with Crippen molar-refractivity contribution in [2.75, 3.05) is 19.6 Å². The monoisotopic (exact) mass is 459 g/mol. The maximum Gasteiger partial charge on any atom is 0.416 e. The molecule has 0 aromatic heterocycles. The number of benzene rings is 2. The van der Waals surface area contributed by atoms with Gasteiger partial charge in [0.25, 0.3) is 5.91 Å². The zero-order chi connectivity index (χ0) is 23.4. The van der Waals surface area contributed by atoms with Crippen molar-refractivity contribution in [1.29, 1.82) is 0 Å². The second-order valence-corrected chi connectivity index (χ2v) is 8.90. The van der Waals surface area contributed by atoms with Crippen LogP contribution in [-0.2, 0) is 11.0 Å². The summed E-state index contributed by atoms with van der Waals surface area (Å²) in [4.78, 5) is 26.7. The number of rotatable bonds is 6. The van der Waals surface area contributed by atoms with Crippen molar-refractivity contribution in [3.8, 4) is 0 Å². The normalized spacial score (nSPS) is 21.8. The van der Waals surface area contributed by atoms with Gasteiger partial charge >= 0.3 is 6.18 Å². The summed E-state index contributed by atoms with van der Waals surface area (Å²) in [6, 6.07) is 15.3. The summed E-state index contributed by atoms with van der Waals surface area (Å²) >= 11 is 0. The third kappa shape index (κ3) is 5.93. The van der Waals surface area contributed by atoms with Gasteiger partial charge in [0.2, 0.25) is 5.91 Å². The van der Waals surface area contributed by atoms with Crippen LogP contribution in [0, 0.1) is 0 Å². The molecule has 2 aromatic carbocycles. The van der Waals surface area contributed by atoms with Crippen LogP contribution in [0.1, 0.15) is 53.1 Å². The minimum absolute atomic E-state index is 0.0369. The van der Waals surface area contributed by atoms with Gasteiger partial charge in [0, 0.05) is 24.7 Å². The average Bonchev–Trinajstić information content (AvgIpc) is 2.80. The smallest absolute Gasteiger partial charge is 0.349 e. The van der Waals surface area contributed by atoms with Gasteiger partial charge in [0.05, 0.1) is 18.2 Å². The molecule has 0 unspecified atom stereocenters. The molecule has 1 saturated carbocycles. The van der Waals surface area contributed by atoms with Gasteiger partial charge in [-0.3, -0.25) is 14.5 Å². The molecular weight excluding hydrogens is 431 g/mol. The molecule has 2 aliphatic rings. The Morgan fingerprint density at radius 1 is 0.939 bits per heavy atom. The summed E-state index contributed by atoms with van der Waals surface area (Å²) in [5.41, 5.74) is 0.391. The van der Waals surface area contributed by atoms with Crippen molar-refractivity contribution in [2.45, 2.75) is 49.9 Å². The van der Waals surface area contributed by atoms with Gasteiger partial charge in [0.15, 0.2) is 0 Å². The Labute approximate surface area is 191 Å². The molecule has 176 valence electrons. The first kappa shape index (κ1) is 23.3. The second kappa shape index (κ2) is 9.95. The molecule has 2 amide bonds. The van der Waals surface area contributed by atoms with Gasteiger partial charge in [0.1, 0.15) is 0 Å². The first-order valence-corrected chi connectivity index (χ1v) is 11.3. The Morgan fingerprint density at radius 2 is 1.64 bits per heavy atom. The van der Waals surface area contributed by atoms with Crippen LogP contribution >= 0.6 is 0 Å². The fraction of sp³-hybridized carbons (Fsp3) is 0.440. The molecule has 2 fully saturated rings. The zero-order valence-electron chi connectivity index (χ0n) is 18.3. The van der Waals surface area contributed by atoms with E-state index in [2.05, 4.69) is 39.8 Å². The van der Waals surface area contributed by atoms with Crippen LogP contribution < -0.4 is 10.6 Å². The molecule has 5 nitrogen and oxygen atoms in total. The van der Waals surface area contributed by atoms with Gasteiger partial charge in [-0.15, -0.1) is 0 Å². The van der Waals surface area contributed by atoms with E-state index in [0.717, 1.165) is 38.1 Å². The van der Waals surface area contributed by atoms with Gasteiger partial charge in [-0.1, -0.05) is 36.4 Å². The van der Waals surface area contributed by atoms with Crippen LogP contribution in [0.2, 0.25) is 0 Å². The number of nitrogens with one attached hydrogen (secondary N) is 2. The van der Waals surface area contributed by atoms with Gasteiger partial charge in [-0.25, -0.2) is 0 Å². The van der Waals surface area contributed by atoms with E-state index < -0.39 is 17.6 Å². The van der Waals surface area contributed by atoms with E-state index in [9.17, 15) is 22.8 Å². The highest BCUT2D eigenvalue weighted by molar-refractivity contribution is 5.96. The SMILES string of the molecule is O=C(CNC(=O)c1cccc(C(F)(F)F)c1)NC1CN([C@H]2CC[C@@H](c3ccccc3)CC2)C1. The first-order valence-electron chi connectivity index (χ1n) is 11.3. The summed E-state index contributed by atoms with van der Waals surface area (Å²) in [6.07, 6.45) is 0.110. The van der Waals surface area contributed by atoms with Crippen molar-refractivity contribution in [3.05, 3.63) is 71.3 Å². The summed E-state index contributed by atoms with van der Waals surface area (Å²) in [5, 5.41) is 5.28. The molecule has 1 aliphatic carbocycles. The molecule has 33 heavy (non-hydrogen) atoms. The van der Waals surface area contributed by atoms with E-state index in [0.29, 0.717) is 12.0 Å². The van der Waals surface area contributed by atoms with Crippen LogP contribution in [0.4, 0.5) is 13.2 Å². The quantitative estimate of drug-likeness (QED) is 0.688. The largest absolute Gasteiger partial charge is 0.416 e. The van der Waals surface area contributed by atoms with E-state index in [1.54, 1.807) is 0 Å². The van der Waals surface area contributed by atoms with E-state index >= 15 is 0 Å². The number of carbonyl (C=O) groups excluding carboxylic acids is 2. The lowest BCUT2D eigenvalue weighted by Gasteiger charge is -2.46. The maximum absolute atomic E-state index is 12.8. The molecule has 8 heteroatoms. The van der Waals surface area contributed by atoms with Gasteiger partial charge in [-0.05, 0) is 55.4 Å². The maximum atomic E-state index is 12.8. The third-order valence-electron chi connectivity index (χ3n) is 6.62. The molecule has 0 radical (unpaired) electrons. The number of carbonyl (C=O) groups is 2. The standard InChI is InChI=1S/C25H28F3N3O2/c26-25(27,28)20-8-4-7-19(13-20)24(33)29-14-23(32)30-21-15-31(16-21)22-11-9-18(10-12-22)17-5-2-1-3-6-17/h1-8,13,18,21-22H,9-12,14-16H2,(H,29,33)(H,30,32)/t18-,22+. The minimum Gasteiger partial charge on any atom is -0.349 e. The fourth-order valence-electron chi connectivity index (χ4n) is 4.78. The Morgan fingerprint density at radius 3 is 2.30 bits per heavy atom. The zero-order valence-corrected chi connectivity index (χ0v) is 18.3. The molecule has 1 saturated heterocycles. The molecule has 2 N–H and O–H groups in total. The Kier molecular flexibility index (Phi) is 7.02. The highest BCUT2D eigenvalue weighted by atomic mass is 19.4. The number of alkyl halides is 3. The second-order valence-electron chi connectivity index (χ2n) is 8.90. The van der Waals surface area contributed by atoms with Crippen LogP contribution in [0.15, 0.2) is 54.6 Å². The lowest BCUT2D eigenvalue weighted by atomic mass is 9.80. The highest BCUT2D eigenvalue weighted by Crippen LogP contribution is 2.36. The number of hydrogen-bond acceptors (Lipinski definition) is 3. The number of halogens is 3. The Balaban J connectivity index is 1.16. The first-order chi connectivity index (χ1) is 15.8. The van der Waals surface area contributed by atoms with Crippen LogP contribution in [0.5, 0.6) is 0 Å². The number of hydrogen-bond donors (Lipinski definition) is 2. The summed E-state index contributed by atoms with van der Waals surface area (Å²) in [5.74, 6) is -0.422. The molecule has 1 aliphatic heterocycles. The van der Waals surface area contributed by atoms with Crippen molar-refractivity contribution < 1.29 is 22.8 Å². The lowest BCUT2D eigenvalue weighted by molar-refractivity contribution is -0.137. The third-order valence-corrected chi connectivity index (χ3v) is 6.62. The van der Waals surface area contributed by atoms with Gasteiger partial charge in [-0.2, -0.15) is 13.2 Å². The molecular formula is C25H28F3N3O2. The highest BCUT2D eigenvalue weighted by Gasteiger charge is 2.35. The van der Waals surface area contributed by atoms with Crippen molar-refractivity contribution in [2.24, 2.45) is 0 Å². The van der Waals surface area contributed by atoms with E-state index in [1.807, 2.05) is 6.07 Å². The molecule has 2 aromatic rings. The summed E-state index contributed by atoms with van der Waals surface area (Å²) in [7, 11) is 0. The average molecular weight is 460 g/mol. The van der Waals surface area contributed by atoms with Crippen molar-refractivity contribution >= 4 is 11.8 Å². The predicted molar refractivity (Wildman–Crippen MR) is 119 cm³/mol. The van der Waals surface area contributed by atoms with E-state index in [-0.39, 0.29) is 24.1 Å². The molecule has 1 heterocycles. The Bertz CT molecular complexity index is 966. The van der Waals surface area contributed by atoms with Crippen LogP contribution in [0.25, 0.3) is 0 Å². The lowest BCUT2D eigenvalue weighted by Crippen LogP contribution is -2.63. The summed E-state index contributed by atoms with van der Waals surface area (Å²) < 4.78 is 38.4. The number of amides is 2. The molecule has 4 rings (SSSR count). The van der Waals surface area contributed by atoms with Crippen molar-refractivity contribution in [1.82, 2.24) is 15.5 Å². The summed E-state index contributed by atoms with van der Waals surface area (Å²) in [6.45, 7) is 1.30. The molecule has 0 atom stereocenters. The Hall–Kier alpha value is -2.87. The predicted octanol–water partition coefficient (Wildman–Crippen LogP) is 3.96. The number of nitrogens with zero attached hydrogens (tertiary/aromatic N) is 1. The fourth-order valence-corrected chi connectivity index (χ4v) is 4.78. The topological polar surface area (TPSA) is 61.4 Å². The number of likely N-dealkylation sites (tertiary alicyclic amines) is 1. The van der Waals surface area contributed by atoms with Crippen LogP contribution in [0.3, 0.4) is 0 Å². The van der Waals surface area contributed by atoms with Crippen LogP contribution in [-0.4, -0.2) is 48.4 Å². The van der Waals surface area contributed by atoms with E-state index in [4.69, 9.17) is 0 Å². The molecule has 0 spiro atoms. The van der Waals surface area contributed by atoms with E-state index in [1.165, 1.54) is 30.5 Å². The van der Waals surface area contributed by atoms with Crippen molar-refractivity contribution in [3.63, 3.8) is 0 Å². The van der Waals surface area contributed by atoms with Gasteiger partial charge < -0.3 is 10.6 Å².